The van der Waals surface area contributed by atoms with Crippen LogP contribution in [0, 0.1) is 5.41 Å². The van der Waals surface area contributed by atoms with E-state index < -0.39 is 0 Å². The molecule has 0 aromatic rings. The van der Waals surface area contributed by atoms with E-state index in [-0.39, 0.29) is 11.4 Å². The van der Waals surface area contributed by atoms with Crippen molar-refractivity contribution in [1.82, 2.24) is 0 Å². The topological polar surface area (TPSA) is 26.3 Å². The third-order valence-electron chi connectivity index (χ3n) is 0.950. The fraction of sp³-hybridized carbons (Fsp3) is 0.667. The molecule has 2 nitrogen and oxygen atoms in total. The largest absolute Gasteiger partial charge is 0.462 e. The van der Waals surface area contributed by atoms with Crippen molar-refractivity contribution in [3.63, 3.8) is 0 Å². The normalized spacial score (nSPS) is 12.0. The molecular formula is C9H16O2. The van der Waals surface area contributed by atoms with Gasteiger partial charge in [0.2, 0.25) is 0 Å². The highest BCUT2D eigenvalue weighted by molar-refractivity contribution is 5.81. The SMILES string of the molecule is C/C=C\C(=O)OCC(C)(C)C. The average molecular weight is 156 g/mol. The van der Waals surface area contributed by atoms with E-state index >= 15 is 0 Å². The predicted molar refractivity (Wildman–Crippen MR) is 45.2 cm³/mol. The van der Waals surface area contributed by atoms with Gasteiger partial charge in [0.25, 0.3) is 0 Å². The smallest absolute Gasteiger partial charge is 0.330 e. The molecule has 11 heavy (non-hydrogen) atoms. The Hall–Kier alpha value is -0.790. The van der Waals surface area contributed by atoms with Gasteiger partial charge in [-0.2, -0.15) is 0 Å². The van der Waals surface area contributed by atoms with Crippen molar-refractivity contribution < 1.29 is 9.53 Å². The summed E-state index contributed by atoms with van der Waals surface area (Å²) in [5, 5.41) is 0. The lowest BCUT2D eigenvalue weighted by Crippen LogP contribution is -2.17. The van der Waals surface area contributed by atoms with Gasteiger partial charge in [0.05, 0.1) is 6.61 Å². The fourth-order valence-electron chi connectivity index (χ4n) is 0.472. The van der Waals surface area contributed by atoms with E-state index in [9.17, 15) is 4.79 Å². The minimum atomic E-state index is -0.262. The van der Waals surface area contributed by atoms with Crippen LogP contribution in [0.4, 0.5) is 0 Å². The molecule has 2 heteroatoms. The first-order valence-electron chi connectivity index (χ1n) is 3.75. The van der Waals surface area contributed by atoms with Crippen LogP contribution in [-0.2, 0) is 9.53 Å². The fourth-order valence-corrected chi connectivity index (χ4v) is 0.472. The minimum Gasteiger partial charge on any atom is -0.462 e. The number of carbonyl (C=O) groups excluding carboxylic acids is 1. The molecule has 0 aromatic heterocycles. The van der Waals surface area contributed by atoms with Crippen molar-refractivity contribution in [2.24, 2.45) is 5.41 Å². The molecule has 0 saturated carbocycles. The van der Waals surface area contributed by atoms with Gasteiger partial charge in [-0.1, -0.05) is 26.8 Å². The van der Waals surface area contributed by atoms with Crippen LogP contribution in [0.5, 0.6) is 0 Å². The maximum Gasteiger partial charge on any atom is 0.330 e. The van der Waals surface area contributed by atoms with Crippen LogP contribution in [0.1, 0.15) is 27.7 Å². The third-order valence-corrected chi connectivity index (χ3v) is 0.950. The molecule has 0 atom stereocenters. The van der Waals surface area contributed by atoms with Gasteiger partial charge < -0.3 is 4.74 Å². The average Bonchev–Trinajstić information content (AvgIpc) is 1.83. The molecule has 0 aliphatic heterocycles. The molecule has 0 amide bonds. The van der Waals surface area contributed by atoms with E-state index in [2.05, 4.69) is 0 Å². The van der Waals surface area contributed by atoms with Crippen molar-refractivity contribution in [2.75, 3.05) is 6.61 Å². The molecule has 0 unspecified atom stereocenters. The van der Waals surface area contributed by atoms with E-state index in [0.29, 0.717) is 6.61 Å². The van der Waals surface area contributed by atoms with Crippen LogP contribution < -0.4 is 0 Å². The Morgan fingerprint density at radius 2 is 2.00 bits per heavy atom. The molecular weight excluding hydrogens is 140 g/mol. The number of carbonyl (C=O) groups is 1. The Morgan fingerprint density at radius 1 is 1.45 bits per heavy atom. The highest BCUT2D eigenvalue weighted by atomic mass is 16.5. The molecule has 0 radical (unpaired) electrons. The van der Waals surface area contributed by atoms with Crippen LogP contribution in [0.3, 0.4) is 0 Å². The standard InChI is InChI=1S/C9H16O2/c1-5-6-8(10)11-7-9(2,3)4/h5-6H,7H2,1-4H3/b6-5-. The molecule has 0 N–H and O–H groups in total. The van der Waals surface area contributed by atoms with Gasteiger partial charge in [-0.3, -0.25) is 0 Å². The minimum absolute atomic E-state index is 0.0528. The van der Waals surface area contributed by atoms with Crippen LogP contribution in [0.25, 0.3) is 0 Å². The molecule has 0 aliphatic carbocycles. The van der Waals surface area contributed by atoms with Gasteiger partial charge in [-0.15, -0.1) is 0 Å². The molecule has 0 aliphatic rings. The highest BCUT2D eigenvalue weighted by Gasteiger charge is 2.11. The lowest BCUT2D eigenvalue weighted by molar-refractivity contribution is -0.140. The van der Waals surface area contributed by atoms with Crippen LogP contribution in [0.15, 0.2) is 12.2 Å². The van der Waals surface area contributed by atoms with Gasteiger partial charge in [0.1, 0.15) is 0 Å². The van der Waals surface area contributed by atoms with Crippen molar-refractivity contribution >= 4 is 5.97 Å². The summed E-state index contributed by atoms with van der Waals surface area (Å²) in [6.45, 7) is 8.33. The molecule has 0 saturated heterocycles. The molecule has 64 valence electrons. The molecule has 0 rings (SSSR count). The number of allylic oxidation sites excluding steroid dienone is 1. The lowest BCUT2D eigenvalue weighted by atomic mass is 9.99. The second-order valence-electron chi connectivity index (χ2n) is 3.67. The molecule has 0 fully saturated rings. The summed E-state index contributed by atoms with van der Waals surface area (Å²) in [4.78, 5) is 10.8. The number of hydrogen-bond acceptors (Lipinski definition) is 2. The molecule has 0 aromatic carbocycles. The Morgan fingerprint density at radius 3 is 2.36 bits per heavy atom. The van der Waals surface area contributed by atoms with Gasteiger partial charge in [-0.25, -0.2) is 4.79 Å². The Bertz CT molecular complexity index is 151. The summed E-state index contributed by atoms with van der Waals surface area (Å²) in [5.74, 6) is -0.262. The third kappa shape index (κ3) is 7.10. The van der Waals surface area contributed by atoms with Crippen molar-refractivity contribution in [3.8, 4) is 0 Å². The highest BCUT2D eigenvalue weighted by Crippen LogP contribution is 2.12. The number of hydrogen-bond donors (Lipinski definition) is 0. The van der Waals surface area contributed by atoms with Gasteiger partial charge >= 0.3 is 5.97 Å². The first-order chi connectivity index (χ1) is 4.95. The summed E-state index contributed by atoms with van der Waals surface area (Å²) in [6, 6.07) is 0. The van der Waals surface area contributed by atoms with Crippen molar-refractivity contribution in [2.45, 2.75) is 27.7 Å². The van der Waals surface area contributed by atoms with Crippen LogP contribution in [-0.4, -0.2) is 12.6 Å². The summed E-state index contributed by atoms with van der Waals surface area (Å²) in [6.07, 6.45) is 3.09. The van der Waals surface area contributed by atoms with Gasteiger partial charge in [0, 0.05) is 6.08 Å². The van der Waals surface area contributed by atoms with Crippen LogP contribution >= 0.6 is 0 Å². The van der Waals surface area contributed by atoms with E-state index in [1.165, 1.54) is 6.08 Å². The first-order valence-corrected chi connectivity index (χ1v) is 3.75. The second kappa shape index (κ2) is 4.16. The van der Waals surface area contributed by atoms with E-state index in [0.717, 1.165) is 0 Å². The molecule has 0 bridgehead atoms. The number of rotatable bonds is 2. The maximum atomic E-state index is 10.8. The monoisotopic (exact) mass is 156 g/mol. The molecule has 0 spiro atoms. The molecule has 0 heterocycles. The number of ether oxygens (including phenoxy) is 1. The Labute approximate surface area is 68.2 Å². The van der Waals surface area contributed by atoms with Gasteiger partial charge in [0.15, 0.2) is 0 Å². The van der Waals surface area contributed by atoms with Crippen molar-refractivity contribution in [1.29, 1.82) is 0 Å². The zero-order valence-corrected chi connectivity index (χ0v) is 7.68. The zero-order valence-electron chi connectivity index (χ0n) is 7.68. The summed E-state index contributed by atoms with van der Waals surface area (Å²) < 4.78 is 4.92. The van der Waals surface area contributed by atoms with E-state index in [1.807, 2.05) is 20.8 Å². The Kier molecular flexibility index (Phi) is 3.86. The van der Waals surface area contributed by atoms with E-state index in [1.54, 1.807) is 13.0 Å². The predicted octanol–water partition coefficient (Wildman–Crippen LogP) is 2.15. The summed E-state index contributed by atoms with van der Waals surface area (Å²) in [7, 11) is 0. The first kappa shape index (κ1) is 10.2. The summed E-state index contributed by atoms with van der Waals surface area (Å²) in [5.41, 5.74) is 0.0528. The zero-order chi connectivity index (χ0) is 8.91. The maximum absolute atomic E-state index is 10.8. The summed E-state index contributed by atoms with van der Waals surface area (Å²) >= 11 is 0. The Balaban J connectivity index is 3.63. The second-order valence-corrected chi connectivity index (χ2v) is 3.67. The number of esters is 1. The van der Waals surface area contributed by atoms with Crippen molar-refractivity contribution in [3.05, 3.63) is 12.2 Å². The van der Waals surface area contributed by atoms with Crippen LogP contribution in [0.2, 0.25) is 0 Å². The quantitative estimate of drug-likeness (QED) is 0.452. The lowest BCUT2D eigenvalue weighted by Gasteiger charge is -2.16. The van der Waals surface area contributed by atoms with E-state index in [4.69, 9.17) is 4.74 Å². The van der Waals surface area contributed by atoms with Gasteiger partial charge in [-0.05, 0) is 12.3 Å².